The molecule has 0 bridgehead atoms. The van der Waals surface area contributed by atoms with Gasteiger partial charge in [0.05, 0.1) is 5.56 Å². The van der Waals surface area contributed by atoms with E-state index in [4.69, 9.17) is 5.11 Å². The fourth-order valence-corrected chi connectivity index (χ4v) is 3.87. The predicted octanol–water partition coefficient (Wildman–Crippen LogP) is 0.849. The molecule has 6 nitrogen and oxygen atoms in total. The topological polar surface area (TPSA) is 77.9 Å². The van der Waals surface area contributed by atoms with Gasteiger partial charge in [-0.3, -0.25) is 0 Å². The third-order valence-corrected chi connectivity index (χ3v) is 5.55. The largest absolute Gasteiger partial charge is 0.478 e. The highest BCUT2D eigenvalue weighted by molar-refractivity contribution is 7.89. The lowest BCUT2D eigenvalue weighted by atomic mass is 10.2. The molecule has 0 aromatic heterocycles. The van der Waals surface area contributed by atoms with Crippen LogP contribution in [-0.4, -0.2) is 61.9 Å². The summed E-state index contributed by atoms with van der Waals surface area (Å²) in [4.78, 5) is 12.2. The number of benzene rings is 1. The molecule has 1 saturated heterocycles. The van der Waals surface area contributed by atoms with Gasteiger partial charge >= 0.3 is 5.97 Å². The van der Waals surface area contributed by atoms with Crippen molar-refractivity contribution < 1.29 is 22.7 Å². The number of carboxylic acids is 1. The lowest BCUT2D eigenvalue weighted by Gasteiger charge is -2.20. The second-order valence-corrected chi connectivity index (χ2v) is 7.13. The SMILES string of the molecule is CN(C)C1CCN(S(=O)(=O)c2ccc(C(=O)O)cc2F)C1. The van der Waals surface area contributed by atoms with Gasteiger partial charge in [0.25, 0.3) is 0 Å². The second kappa shape index (κ2) is 5.70. The fourth-order valence-electron chi connectivity index (χ4n) is 2.33. The Morgan fingerprint density at radius 3 is 2.57 bits per heavy atom. The minimum absolute atomic E-state index is 0.0983. The number of hydrogen-bond acceptors (Lipinski definition) is 4. The molecular weight excluding hydrogens is 299 g/mol. The molecule has 8 heteroatoms. The third kappa shape index (κ3) is 3.07. The van der Waals surface area contributed by atoms with E-state index < -0.39 is 26.7 Å². The van der Waals surface area contributed by atoms with Crippen LogP contribution in [-0.2, 0) is 10.0 Å². The van der Waals surface area contributed by atoms with Crippen molar-refractivity contribution in [3.63, 3.8) is 0 Å². The lowest BCUT2D eigenvalue weighted by Crippen LogP contribution is -2.34. The van der Waals surface area contributed by atoms with Crippen molar-refractivity contribution in [1.82, 2.24) is 9.21 Å². The summed E-state index contributed by atoms with van der Waals surface area (Å²) in [6.45, 7) is 0.626. The molecule has 1 atom stereocenters. The van der Waals surface area contributed by atoms with Crippen LogP contribution in [0.1, 0.15) is 16.8 Å². The average molecular weight is 316 g/mol. The maximum atomic E-state index is 13.9. The highest BCUT2D eigenvalue weighted by atomic mass is 32.2. The zero-order chi connectivity index (χ0) is 15.8. The number of aromatic carboxylic acids is 1. The first-order valence-corrected chi connectivity index (χ1v) is 7.87. The summed E-state index contributed by atoms with van der Waals surface area (Å²) in [5.41, 5.74) is -0.279. The van der Waals surface area contributed by atoms with Crippen LogP contribution in [0, 0.1) is 5.82 Å². The van der Waals surface area contributed by atoms with Gasteiger partial charge in [-0.15, -0.1) is 0 Å². The molecule has 21 heavy (non-hydrogen) atoms. The number of rotatable bonds is 4. The Morgan fingerprint density at radius 2 is 2.10 bits per heavy atom. The van der Waals surface area contributed by atoms with Gasteiger partial charge in [-0.25, -0.2) is 17.6 Å². The van der Waals surface area contributed by atoms with Crippen molar-refractivity contribution >= 4 is 16.0 Å². The van der Waals surface area contributed by atoms with Gasteiger partial charge in [0.1, 0.15) is 10.7 Å². The minimum Gasteiger partial charge on any atom is -0.478 e. The number of hydrogen-bond donors (Lipinski definition) is 1. The maximum absolute atomic E-state index is 13.9. The molecule has 1 unspecified atom stereocenters. The Balaban J connectivity index is 2.31. The molecular formula is C13H17FN2O4S. The molecule has 2 rings (SSSR count). The first-order chi connectivity index (χ1) is 9.73. The second-order valence-electron chi connectivity index (χ2n) is 5.22. The molecule has 0 aliphatic carbocycles. The minimum atomic E-state index is -3.94. The summed E-state index contributed by atoms with van der Waals surface area (Å²) < 4.78 is 40.0. The van der Waals surface area contributed by atoms with Crippen molar-refractivity contribution in [2.24, 2.45) is 0 Å². The molecule has 1 aromatic carbocycles. The van der Waals surface area contributed by atoms with Crippen LogP contribution in [0.4, 0.5) is 4.39 Å². The van der Waals surface area contributed by atoms with E-state index >= 15 is 0 Å². The van der Waals surface area contributed by atoms with Crippen LogP contribution in [0.25, 0.3) is 0 Å². The van der Waals surface area contributed by atoms with Crippen LogP contribution >= 0.6 is 0 Å². The monoisotopic (exact) mass is 316 g/mol. The third-order valence-electron chi connectivity index (χ3n) is 3.65. The van der Waals surface area contributed by atoms with Gasteiger partial charge in [-0.2, -0.15) is 4.31 Å². The van der Waals surface area contributed by atoms with Gasteiger partial charge < -0.3 is 10.0 Å². The van der Waals surface area contributed by atoms with Crippen LogP contribution in [0.5, 0.6) is 0 Å². The first-order valence-electron chi connectivity index (χ1n) is 6.43. The van der Waals surface area contributed by atoms with Crippen LogP contribution in [0.2, 0.25) is 0 Å². The Hall–Kier alpha value is -1.51. The molecule has 116 valence electrons. The zero-order valence-corrected chi connectivity index (χ0v) is 12.6. The van der Waals surface area contributed by atoms with Gasteiger partial charge in [-0.1, -0.05) is 0 Å². The van der Waals surface area contributed by atoms with E-state index in [0.717, 1.165) is 18.2 Å². The predicted molar refractivity (Wildman–Crippen MR) is 74.2 cm³/mol. The van der Waals surface area contributed by atoms with Gasteiger partial charge in [0, 0.05) is 19.1 Å². The molecule has 1 aromatic rings. The Kier molecular flexibility index (Phi) is 4.31. The summed E-state index contributed by atoms with van der Waals surface area (Å²) in [7, 11) is -0.211. The van der Waals surface area contributed by atoms with Crippen molar-refractivity contribution in [3.05, 3.63) is 29.6 Å². The maximum Gasteiger partial charge on any atom is 0.335 e. The number of likely N-dealkylation sites (N-methyl/N-ethyl adjacent to an activating group) is 1. The van der Waals surface area contributed by atoms with Gasteiger partial charge in [0.15, 0.2) is 0 Å². The van der Waals surface area contributed by atoms with Crippen molar-refractivity contribution in [3.8, 4) is 0 Å². The smallest absolute Gasteiger partial charge is 0.335 e. The highest BCUT2D eigenvalue weighted by Crippen LogP contribution is 2.25. The van der Waals surface area contributed by atoms with E-state index in [9.17, 15) is 17.6 Å². The normalized spacial score (nSPS) is 20.1. The van der Waals surface area contributed by atoms with Gasteiger partial charge in [-0.05, 0) is 38.7 Å². The fraction of sp³-hybridized carbons (Fsp3) is 0.462. The number of nitrogens with zero attached hydrogens (tertiary/aromatic N) is 2. The Morgan fingerprint density at radius 1 is 1.43 bits per heavy atom. The molecule has 1 aliphatic heterocycles. The summed E-state index contributed by atoms with van der Waals surface area (Å²) in [5, 5.41) is 8.78. The lowest BCUT2D eigenvalue weighted by molar-refractivity contribution is 0.0696. The van der Waals surface area contributed by atoms with E-state index in [1.54, 1.807) is 0 Å². The van der Waals surface area contributed by atoms with Crippen LogP contribution < -0.4 is 0 Å². The summed E-state index contributed by atoms with van der Waals surface area (Å²) >= 11 is 0. The zero-order valence-electron chi connectivity index (χ0n) is 11.8. The Bertz CT molecular complexity index is 660. The molecule has 0 spiro atoms. The van der Waals surface area contributed by atoms with E-state index in [1.807, 2.05) is 19.0 Å². The molecule has 1 N–H and O–H groups in total. The molecule has 0 radical (unpaired) electrons. The highest BCUT2D eigenvalue weighted by Gasteiger charge is 2.35. The molecule has 1 aliphatic rings. The van der Waals surface area contributed by atoms with Crippen LogP contribution in [0.15, 0.2) is 23.1 Å². The number of sulfonamides is 1. The number of carboxylic acid groups (broad SMARTS) is 1. The summed E-state index contributed by atoms with van der Waals surface area (Å²) in [5.74, 6) is -2.34. The van der Waals surface area contributed by atoms with Crippen molar-refractivity contribution in [1.29, 1.82) is 0 Å². The van der Waals surface area contributed by atoms with E-state index in [1.165, 1.54) is 4.31 Å². The van der Waals surface area contributed by atoms with E-state index in [0.29, 0.717) is 19.5 Å². The average Bonchev–Trinajstić information content (AvgIpc) is 2.88. The van der Waals surface area contributed by atoms with Gasteiger partial charge in [0.2, 0.25) is 10.0 Å². The molecule has 0 amide bonds. The standard InChI is InChI=1S/C13H17FN2O4S/c1-15(2)10-5-6-16(8-10)21(19,20)12-4-3-9(13(17)18)7-11(12)14/h3-4,7,10H,5-6,8H2,1-2H3,(H,17,18). The first kappa shape index (κ1) is 15.9. The quantitative estimate of drug-likeness (QED) is 0.891. The summed E-state index contributed by atoms with van der Waals surface area (Å²) in [6, 6.07) is 2.94. The number of carbonyl (C=O) groups is 1. The number of halogens is 1. The van der Waals surface area contributed by atoms with Crippen LogP contribution in [0.3, 0.4) is 0 Å². The molecule has 0 saturated carbocycles. The van der Waals surface area contributed by atoms with E-state index in [-0.39, 0.29) is 11.6 Å². The summed E-state index contributed by atoms with van der Waals surface area (Å²) in [6.07, 6.45) is 0.682. The van der Waals surface area contributed by atoms with Crippen molar-refractivity contribution in [2.45, 2.75) is 17.4 Å². The Labute approximate surface area is 122 Å². The van der Waals surface area contributed by atoms with Crippen molar-refractivity contribution in [2.75, 3.05) is 27.2 Å². The molecule has 1 fully saturated rings. The van der Waals surface area contributed by atoms with E-state index in [2.05, 4.69) is 0 Å². The molecule has 1 heterocycles.